The van der Waals surface area contributed by atoms with Crippen molar-refractivity contribution in [3.05, 3.63) is 54.0 Å². The van der Waals surface area contributed by atoms with E-state index in [1.807, 2.05) is 17.2 Å². The first-order valence-electron chi connectivity index (χ1n) is 10.7. The second-order valence-electron chi connectivity index (χ2n) is 8.28. The molecule has 0 spiro atoms. The van der Waals surface area contributed by atoms with Gasteiger partial charge in [-0.2, -0.15) is 0 Å². The van der Waals surface area contributed by atoms with Crippen LogP contribution in [0, 0.1) is 5.92 Å². The number of H-pyrrole nitrogens is 1. The minimum Gasteiger partial charge on any atom is -0.352 e. The molecule has 30 heavy (non-hydrogen) atoms. The summed E-state index contributed by atoms with van der Waals surface area (Å²) in [6, 6.07) is 10.6. The summed E-state index contributed by atoms with van der Waals surface area (Å²) in [6.45, 7) is 7.59. The summed E-state index contributed by atoms with van der Waals surface area (Å²) in [4.78, 5) is 29.1. The first kappa shape index (κ1) is 20.3. The van der Waals surface area contributed by atoms with Crippen molar-refractivity contribution >= 4 is 22.8 Å². The Hall–Kier alpha value is -2.93. The number of amides is 1. The first-order valence-corrected chi connectivity index (χ1v) is 10.7. The summed E-state index contributed by atoms with van der Waals surface area (Å²) in [7, 11) is 0. The van der Waals surface area contributed by atoms with E-state index in [9.17, 15) is 4.79 Å². The molecule has 0 unspecified atom stereocenters. The van der Waals surface area contributed by atoms with E-state index < -0.39 is 0 Å². The maximum Gasteiger partial charge on any atom is 0.227 e. The summed E-state index contributed by atoms with van der Waals surface area (Å²) in [5.41, 5.74) is 9.31. The number of carbonyl (C=O) groups is 1. The number of nitrogens with two attached hydrogens (primary N) is 1. The summed E-state index contributed by atoms with van der Waals surface area (Å²) in [5, 5.41) is 1.02. The Bertz CT molecular complexity index is 988. The highest BCUT2D eigenvalue weighted by molar-refractivity contribution is 5.87. The van der Waals surface area contributed by atoms with E-state index in [1.54, 1.807) is 6.33 Å². The highest BCUT2D eigenvalue weighted by Crippen LogP contribution is 2.24. The van der Waals surface area contributed by atoms with Crippen molar-refractivity contribution in [2.24, 2.45) is 11.7 Å². The van der Waals surface area contributed by atoms with Gasteiger partial charge in [0.2, 0.25) is 5.91 Å². The Balaban J connectivity index is 1.38. The van der Waals surface area contributed by atoms with Crippen LogP contribution in [0.15, 0.2) is 42.9 Å². The zero-order valence-electron chi connectivity index (χ0n) is 17.7. The number of nitrogens with zero attached hydrogens (tertiary/aromatic N) is 4. The van der Waals surface area contributed by atoms with Crippen molar-refractivity contribution in [3.8, 4) is 0 Å². The fourth-order valence-electron chi connectivity index (χ4n) is 4.10. The number of anilines is 1. The third kappa shape index (κ3) is 4.16. The molecule has 158 valence electrons. The quantitative estimate of drug-likeness (QED) is 0.656. The highest BCUT2D eigenvalue weighted by Gasteiger charge is 2.28. The fraction of sp³-hybridized carbons (Fsp3) is 0.435. The highest BCUT2D eigenvalue weighted by atomic mass is 16.2. The normalized spacial score (nSPS) is 15.7. The molecule has 0 bridgehead atoms. The van der Waals surface area contributed by atoms with Crippen LogP contribution in [0.5, 0.6) is 0 Å². The van der Waals surface area contributed by atoms with E-state index >= 15 is 0 Å². The molecule has 4 rings (SSSR count). The number of piperazine rings is 1. The molecule has 7 nitrogen and oxygen atoms in total. The molecule has 0 saturated carbocycles. The number of rotatable bonds is 6. The first-order chi connectivity index (χ1) is 14.6. The van der Waals surface area contributed by atoms with Gasteiger partial charge in [-0.25, -0.2) is 9.97 Å². The Morgan fingerprint density at radius 1 is 1.10 bits per heavy atom. The SMILES string of the molecule is CC(C)c1ccc(C[C@@H](CN)C(=O)N2CCN(c3ncnc4[nH]ccc34)CC2)cc1. The lowest BCUT2D eigenvalue weighted by atomic mass is 9.95. The van der Waals surface area contributed by atoms with Gasteiger partial charge in [0.05, 0.1) is 11.3 Å². The molecule has 1 amide bonds. The molecule has 3 N–H and O–H groups in total. The zero-order valence-corrected chi connectivity index (χ0v) is 17.7. The minimum atomic E-state index is -0.183. The van der Waals surface area contributed by atoms with Gasteiger partial charge in [0.15, 0.2) is 0 Å². The lowest BCUT2D eigenvalue weighted by Crippen LogP contribution is -2.51. The number of carbonyl (C=O) groups excluding carboxylic acids is 1. The molecule has 1 aromatic carbocycles. The van der Waals surface area contributed by atoms with E-state index in [4.69, 9.17) is 5.73 Å². The lowest BCUT2D eigenvalue weighted by molar-refractivity contribution is -0.135. The van der Waals surface area contributed by atoms with Crippen LogP contribution in [0.1, 0.15) is 30.9 Å². The second-order valence-corrected chi connectivity index (χ2v) is 8.28. The molecule has 7 heteroatoms. The Morgan fingerprint density at radius 3 is 2.50 bits per heavy atom. The van der Waals surface area contributed by atoms with Gasteiger partial charge in [-0.15, -0.1) is 0 Å². The molecule has 1 aliphatic rings. The fourth-order valence-corrected chi connectivity index (χ4v) is 4.10. The summed E-state index contributed by atoms with van der Waals surface area (Å²) in [5.74, 6) is 1.40. The van der Waals surface area contributed by atoms with Crippen LogP contribution in [-0.4, -0.2) is 58.5 Å². The molecule has 1 saturated heterocycles. The standard InChI is InChI=1S/C23H30N6O/c1-16(2)18-5-3-17(4-6-18)13-19(14-24)23(30)29-11-9-28(10-12-29)22-20-7-8-25-21(20)26-15-27-22/h3-8,15-16,19H,9-14,24H2,1-2H3,(H,25,26,27)/t19-/m0/s1. The van der Waals surface area contributed by atoms with Gasteiger partial charge in [0, 0.05) is 38.9 Å². The van der Waals surface area contributed by atoms with Crippen LogP contribution in [0.2, 0.25) is 0 Å². The van der Waals surface area contributed by atoms with E-state index in [0.29, 0.717) is 32.0 Å². The predicted octanol–water partition coefficient (Wildman–Crippen LogP) is 2.55. The summed E-state index contributed by atoms with van der Waals surface area (Å²) < 4.78 is 0. The van der Waals surface area contributed by atoms with Crippen LogP contribution >= 0.6 is 0 Å². The van der Waals surface area contributed by atoms with Crippen LogP contribution in [0.25, 0.3) is 11.0 Å². The van der Waals surface area contributed by atoms with Crippen molar-refractivity contribution < 1.29 is 4.79 Å². The largest absolute Gasteiger partial charge is 0.352 e. The molecule has 1 atom stereocenters. The van der Waals surface area contributed by atoms with Gasteiger partial charge in [0.25, 0.3) is 0 Å². The number of aromatic amines is 1. The zero-order chi connectivity index (χ0) is 21.1. The van der Waals surface area contributed by atoms with Gasteiger partial charge in [-0.3, -0.25) is 4.79 Å². The Kier molecular flexibility index (Phi) is 5.99. The van der Waals surface area contributed by atoms with E-state index in [-0.39, 0.29) is 11.8 Å². The molecular weight excluding hydrogens is 376 g/mol. The average Bonchev–Trinajstić information content (AvgIpc) is 3.26. The maximum atomic E-state index is 13.1. The third-order valence-corrected chi connectivity index (χ3v) is 5.99. The van der Waals surface area contributed by atoms with Gasteiger partial charge < -0.3 is 20.5 Å². The van der Waals surface area contributed by atoms with Crippen molar-refractivity contribution in [1.29, 1.82) is 0 Å². The van der Waals surface area contributed by atoms with Crippen LogP contribution in [-0.2, 0) is 11.2 Å². The number of benzene rings is 1. The lowest BCUT2D eigenvalue weighted by Gasteiger charge is -2.37. The smallest absolute Gasteiger partial charge is 0.227 e. The van der Waals surface area contributed by atoms with Gasteiger partial charge >= 0.3 is 0 Å². The van der Waals surface area contributed by atoms with Crippen molar-refractivity contribution in [3.63, 3.8) is 0 Å². The maximum absolute atomic E-state index is 13.1. The van der Waals surface area contributed by atoms with E-state index in [1.165, 1.54) is 5.56 Å². The molecule has 3 aromatic rings. The Morgan fingerprint density at radius 2 is 1.83 bits per heavy atom. The van der Waals surface area contributed by atoms with Gasteiger partial charge in [0.1, 0.15) is 17.8 Å². The molecule has 1 aliphatic heterocycles. The van der Waals surface area contributed by atoms with Crippen LogP contribution in [0.4, 0.5) is 5.82 Å². The average molecular weight is 407 g/mol. The molecule has 3 heterocycles. The second kappa shape index (κ2) is 8.83. The summed E-state index contributed by atoms with van der Waals surface area (Å²) in [6.07, 6.45) is 4.15. The molecule has 2 aromatic heterocycles. The van der Waals surface area contributed by atoms with Gasteiger partial charge in [-0.05, 0) is 29.5 Å². The molecule has 0 aliphatic carbocycles. The minimum absolute atomic E-state index is 0.152. The summed E-state index contributed by atoms with van der Waals surface area (Å²) >= 11 is 0. The monoisotopic (exact) mass is 406 g/mol. The van der Waals surface area contributed by atoms with E-state index in [0.717, 1.165) is 35.5 Å². The van der Waals surface area contributed by atoms with Crippen molar-refractivity contribution in [1.82, 2.24) is 19.9 Å². The third-order valence-electron chi connectivity index (χ3n) is 5.99. The van der Waals surface area contributed by atoms with Gasteiger partial charge in [-0.1, -0.05) is 38.1 Å². The number of hydrogen-bond donors (Lipinski definition) is 2. The van der Waals surface area contributed by atoms with E-state index in [2.05, 4.69) is 58.0 Å². The number of nitrogens with one attached hydrogen (secondary N) is 1. The van der Waals surface area contributed by atoms with Crippen LogP contribution in [0.3, 0.4) is 0 Å². The Labute approximate surface area is 177 Å². The molecular formula is C23H30N6O. The van der Waals surface area contributed by atoms with Crippen molar-refractivity contribution in [2.45, 2.75) is 26.2 Å². The predicted molar refractivity (Wildman–Crippen MR) is 119 cm³/mol. The number of fused-ring (bicyclic) bond motifs is 1. The van der Waals surface area contributed by atoms with Crippen LogP contribution < -0.4 is 10.6 Å². The van der Waals surface area contributed by atoms with Crippen molar-refractivity contribution in [2.75, 3.05) is 37.6 Å². The number of aromatic nitrogens is 3. The topological polar surface area (TPSA) is 91.1 Å². The molecule has 0 radical (unpaired) electrons. The molecule has 1 fully saturated rings. The number of hydrogen-bond acceptors (Lipinski definition) is 5.